The molecule has 1 aliphatic heterocycles. The van der Waals surface area contributed by atoms with Crippen LogP contribution in [0.1, 0.15) is 47.8 Å². The maximum Gasteiger partial charge on any atom is 0.276 e. The summed E-state index contributed by atoms with van der Waals surface area (Å²) in [6.07, 6.45) is 5.52. The fourth-order valence-corrected chi connectivity index (χ4v) is 3.03. The molecule has 1 aromatic heterocycles. The Morgan fingerprint density at radius 1 is 1.57 bits per heavy atom. The van der Waals surface area contributed by atoms with Gasteiger partial charge in [-0.3, -0.25) is 19.9 Å². The Hall–Kier alpha value is -1.92. The summed E-state index contributed by atoms with van der Waals surface area (Å²) < 4.78 is 0. The minimum Gasteiger partial charge on any atom is -0.392 e. The van der Waals surface area contributed by atoms with Gasteiger partial charge in [-0.15, -0.1) is 0 Å². The first-order chi connectivity index (χ1) is 11.1. The standard InChI is InChI=1S/C17H26N4O2/c1-4-15-9-16-14(8-13(10-19-16)17(22)20-23)11-21(15)7-5-6-12(2)18-3/h8,10,15,18,23H,2,4-7,9,11H2,1,3H3,(H,20,22). The summed E-state index contributed by atoms with van der Waals surface area (Å²) in [5.74, 6) is -0.519. The monoisotopic (exact) mass is 318 g/mol. The summed E-state index contributed by atoms with van der Waals surface area (Å²) in [6, 6.07) is 2.31. The molecule has 0 radical (unpaired) electrons. The van der Waals surface area contributed by atoms with Crippen molar-refractivity contribution in [1.29, 1.82) is 0 Å². The summed E-state index contributed by atoms with van der Waals surface area (Å²) in [5, 5.41) is 11.8. The third-order valence-corrected chi connectivity index (χ3v) is 4.49. The van der Waals surface area contributed by atoms with Gasteiger partial charge in [0.25, 0.3) is 5.91 Å². The van der Waals surface area contributed by atoms with Crippen molar-refractivity contribution in [1.82, 2.24) is 20.7 Å². The van der Waals surface area contributed by atoms with Gasteiger partial charge in [0.15, 0.2) is 0 Å². The van der Waals surface area contributed by atoms with Crippen molar-refractivity contribution in [2.45, 2.75) is 45.2 Å². The van der Waals surface area contributed by atoms with Crippen LogP contribution in [0.4, 0.5) is 0 Å². The zero-order valence-corrected chi connectivity index (χ0v) is 13.9. The Balaban J connectivity index is 2.08. The first kappa shape index (κ1) is 17.4. The molecule has 0 bridgehead atoms. The van der Waals surface area contributed by atoms with Gasteiger partial charge in [0.05, 0.1) is 5.56 Å². The van der Waals surface area contributed by atoms with Gasteiger partial charge < -0.3 is 5.32 Å². The first-order valence-electron chi connectivity index (χ1n) is 8.10. The number of allylic oxidation sites excluding steroid dienone is 1. The molecule has 0 aromatic carbocycles. The van der Waals surface area contributed by atoms with E-state index in [1.807, 2.05) is 13.1 Å². The number of carbonyl (C=O) groups excluding carboxylic acids is 1. The van der Waals surface area contributed by atoms with Crippen molar-refractivity contribution in [3.8, 4) is 0 Å². The lowest BCUT2D eigenvalue weighted by molar-refractivity contribution is 0.0705. The molecule has 6 heteroatoms. The highest BCUT2D eigenvalue weighted by Crippen LogP contribution is 2.25. The zero-order valence-electron chi connectivity index (χ0n) is 13.9. The van der Waals surface area contributed by atoms with Crippen LogP contribution in [0.5, 0.6) is 0 Å². The number of pyridine rings is 1. The summed E-state index contributed by atoms with van der Waals surface area (Å²) in [6.45, 7) is 7.95. The molecule has 1 unspecified atom stereocenters. The molecule has 2 heterocycles. The quantitative estimate of drug-likeness (QED) is 0.528. The fourth-order valence-electron chi connectivity index (χ4n) is 3.03. The highest BCUT2D eigenvalue weighted by Gasteiger charge is 2.26. The van der Waals surface area contributed by atoms with E-state index in [1.54, 1.807) is 5.48 Å². The number of nitrogens with one attached hydrogen (secondary N) is 2. The Kier molecular flexibility index (Phi) is 6.12. The van der Waals surface area contributed by atoms with E-state index in [1.165, 1.54) is 6.20 Å². The summed E-state index contributed by atoms with van der Waals surface area (Å²) in [7, 11) is 1.90. The molecule has 3 N–H and O–H groups in total. The molecule has 1 aliphatic rings. The van der Waals surface area contributed by atoms with E-state index in [2.05, 4.69) is 28.7 Å². The first-order valence-corrected chi connectivity index (χ1v) is 8.10. The Bertz CT molecular complexity index is 574. The summed E-state index contributed by atoms with van der Waals surface area (Å²) in [4.78, 5) is 18.4. The molecule has 2 rings (SSSR count). The number of hydrogen-bond acceptors (Lipinski definition) is 5. The van der Waals surface area contributed by atoms with Gasteiger partial charge in [0, 0.05) is 43.6 Å². The SMILES string of the molecule is C=C(CCCN1Cc2cc(C(=O)NO)cnc2CC1CC)NC. The van der Waals surface area contributed by atoms with Crippen LogP contribution < -0.4 is 10.8 Å². The largest absolute Gasteiger partial charge is 0.392 e. The van der Waals surface area contributed by atoms with Crippen LogP contribution in [-0.2, 0) is 13.0 Å². The Labute approximate surface area is 137 Å². The van der Waals surface area contributed by atoms with Crippen LogP contribution >= 0.6 is 0 Å². The molecular weight excluding hydrogens is 292 g/mol. The van der Waals surface area contributed by atoms with Crippen LogP contribution in [-0.4, -0.2) is 40.6 Å². The highest BCUT2D eigenvalue weighted by atomic mass is 16.5. The second-order valence-corrected chi connectivity index (χ2v) is 5.96. The number of amides is 1. The van der Waals surface area contributed by atoms with Crippen LogP contribution in [0, 0.1) is 0 Å². The van der Waals surface area contributed by atoms with Crippen LogP contribution in [0.2, 0.25) is 0 Å². The zero-order chi connectivity index (χ0) is 16.8. The van der Waals surface area contributed by atoms with Gasteiger partial charge in [-0.05, 0) is 37.4 Å². The van der Waals surface area contributed by atoms with E-state index in [9.17, 15) is 4.79 Å². The molecule has 1 amide bonds. The fraction of sp³-hybridized carbons (Fsp3) is 0.529. The average molecular weight is 318 g/mol. The maximum absolute atomic E-state index is 11.5. The van der Waals surface area contributed by atoms with Gasteiger partial charge in [0.2, 0.25) is 0 Å². The molecule has 0 saturated heterocycles. The molecule has 1 atom stereocenters. The number of rotatable bonds is 7. The number of hydroxylamine groups is 1. The smallest absolute Gasteiger partial charge is 0.276 e. The minimum absolute atomic E-state index is 0.393. The number of nitrogens with zero attached hydrogens (tertiary/aromatic N) is 2. The summed E-state index contributed by atoms with van der Waals surface area (Å²) in [5.41, 5.74) is 5.24. The lowest BCUT2D eigenvalue weighted by Crippen LogP contribution is -2.41. The number of fused-ring (bicyclic) bond motifs is 1. The second kappa shape index (κ2) is 8.08. The van der Waals surface area contributed by atoms with Gasteiger partial charge >= 0.3 is 0 Å². The van der Waals surface area contributed by atoms with Crippen molar-refractivity contribution >= 4 is 5.91 Å². The van der Waals surface area contributed by atoms with Crippen molar-refractivity contribution in [3.63, 3.8) is 0 Å². The number of aromatic nitrogens is 1. The highest BCUT2D eigenvalue weighted by molar-refractivity contribution is 5.93. The molecule has 126 valence electrons. The molecule has 0 fully saturated rings. The number of hydrogen-bond donors (Lipinski definition) is 3. The average Bonchev–Trinajstić information content (AvgIpc) is 2.59. The Morgan fingerprint density at radius 3 is 3.00 bits per heavy atom. The minimum atomic E-state index is -0.519. The van der Waals surface area contributed by atoms with Crippen LogP contribution in [0.25, 0.3) is 0 Å². The lowest BCUT2D eigenvalue weighted by Gasteiger charge is -2.36. The predicted molar refractivity (Wildman–Crippen MR) is 89.1 cm³/mol. The lowest BCUT2D eigenvalue weighted by atomic mass is 9.95. The third-order valence-electron chi connectivity index (χ3n) is 4.49. The van der Waals surface area contributed by atoms with E-state index in [0.717, 1.165) is 55.7 Å². The Morgan fingerprint density at radius 2 is 2.35 bits per heavy atom. The van der Waals surface area contributed by atoms with E-state index in [4.69, 9.17) is 5.21 Å². The topological polar surface area (TPSA) is 77.5 Å². The van der Waals surface area contributed by atoms with Gasteiger partial charge in [-0.25, -0.2) is 5.48 Å². The molecule has 6 nitrogen and oxygen atoms in total. The molecule has 1 aromatic rings. The van der Waals surface area contributed by atoms with E-state index in [0.29, 0.717) is 11.6 Å². The third kappa shape index (κ3) is 4.30. The van der Waals surface area contributed by atoms with Crippen LogP contribution in [0.3, 0.4) is 0 Å². The molecular formula is C17H26N4O2. The molecule has 0 saturated carbocycles. The molecule has 0 aliphatic carbocycles. The van der Waals surface area contributed by atoms with Crippen molar-refractivity contribution < 1.29 is 10.0 Å². The van der Waals surface area contributed by atoms with Crippen molar-refractivity contribution in [2.75, 3.05) is 13.6 Å². The second-order valence-electron chi connectivity index (χ2n) is 5.96. The summed E-state index contributed by atoms with van der Waals surface area (Å²) >= 11 is 0. The predicted octanol–water partition coefficient (Wildman–Crippen LogP) is 1.85. The van der Waals surface area contributed by atoms with E-state index >= 15 is 0 Å². The normalized spacial score (nSPS) is 17.4. The number of carbonyl (C=O) groups is 1. The van der Waals surface area contributed by atoms with E-state index < -0.39 is 5.91 Å². The molecule has 23 heavy (non-hydrogen) atoms. The van der Waals surface area contributed by atoms with Crippen LogP contribution in [0.15, 0.2) is 24.5 Å². The maximum atomic E-state index is 11.5. The van der Waals surface area contributed by atoms with Gasteiger partial charge in [-0.1, -0.05) is 13.5 Å². The van der Waals surface area contributed by atoms with Crippen molar-refractivity contribution in [3.05, 3.63) is 41.4 Å². The van der Waals surface area contributed by atoms with Crippen molar-refractivity contribution in [2.24, 2.45) is 0 Å². The molecule has 0 spiro atoms. The van der Waals surface area contributed by atoms with Gasteiger partial charge in [0.1, 0.15) is 0 Å². The van der Waals surface area contributed by atoms with Gasteiger partial charge in [-0.2, -0.15) is 0 Å². The van der Waals surface area contributed by atoms with E-state index in [-0.39, 0.29) is 0 Å².